The summed E-state index contributed by atoms with van der Waals surface area (Å²) in [5.41, 5.74) is 2.41. The highest BCUT2D eigenvalue weighted by Gasteiger charge is 2.16. The summed E-state index contributed by atoms with van der Waals surface area (Å²) < 4.78 is 4.91. The van der Waals surface area contributed by atoms with Gasteiger partial charge in [-0.3, -0.25) is 9.59 Å². The molecule has 0 saturated carbocycles. The first-order valence-corrected chi connectivity index (χ1v) is 7.99. The maximum atomic E-state index is 12.1. The molecule has 0 radical (unpaired) electrons. The average Bonchev–Trinajstić information content (AvgIpc) is 2.37. The number of benzene rings is 1. The highest BCUT2D eigenvalue weighted by atomic mass is 16.5. The Hall–Kier alpha value is -1.64. The van der Waals surface area contributed by atoms with Crippen LogP contribution in [0, 0.1) is 5.92 Å². The normalized spacial score (nSPS) is 12.8. The maximum Gasteiger partial charge on any atom is 0.306 e. The van der Waals surface area contributed by atoms with Crippen molar-refractivity contribution in [2.45, 2.75) is 59.3 Å². The molecule has 1 rings (SSSR count). The van der Waals surface area contributed by atoms with Gasteiger partial charge >= 0.3 is 5.97 Å². The van der Waals surface area contributed by atoms with Gasteiger partial charge in [-0.25, -0.2) is 0 Å². The zero-order chi connectivity index (χ0) is 16.8. The van der Waals surface area contributed by atoms with E-state index in [4.69, 9.17) is 4.74 Å². The molecule has 0 saturated heterocycles. The fourth-order valence-electron chi connectivity index (χ4n) is 2.39. The monoisotopic (exact) mass is 304 g/mol. The minimum Gasteiger partial charge on any atom is -0.466 e. The quantitative estimate of drug-likeness (QED) is 0.713. The van der Waals surface area contributed by atoms with Crippen LogP contribution in [0.1, 0.15) is 58.6 Å². The van der Waals surface area contributed by atoms with E-state index in [9.17, 15) is 9.59 Å². The lowest BCUT2D eigenvalue weighted by atomic mass is 9.86. The van der Waals surface area contributed by atoms with Gasteiger partial charge in [0.1, 0.15) is 5.78 Å². The third kappa shape index (κ3) is 6.42. The van der Waals surface area contributed by atoms with Gasteiger partial charge in [0.15, 0.2) is 0 Å². The third-order valence-electron chi connectivity index (χ3n) is 3.62. The van der Waals surface area contributed by atoms with Crippen molar-refractivity contribution in [1.82, 2.24) is 0 Å². The van der Waals surface area contributed by atoms with Crippen LogP contribution in [0.5, 0.6) is 0 Å². The predicted octanol–water partition coefficient (Wildman–Crippen LogP) is 4.08. The fourth-order valence-corrected chi connectivity index (χ4v) is 2.39. The van der Waals surface area contributed by atoms with Crippen LogP contribution in [0.15, 0.2) is 24.3 Å². The fraction of sp³-hybridized carbons (Fsp3) is 0.579. The highest BCUT2D eigenvalue weighted by molar-refractivity contribution is 5.81. The van der Waals surface area contributed by atoms with Gasteiger partial charge < -0.3 is 4.74 Å². The molecule has 22 heavy (non-hydrogen) atoms. The second kappa shape index (κ2) is 8.11. The minimum atomic E-state index is -0.225. The summed E-state index contributed by atoms with van der Waals surface area (Å²) >= 11 is 0. The zero-order valence-corrected chi connectivity index (χ0v) is 14.4. The second-order valence-electron chi connectivity index (χ2n) is 6.98. The molecule has 0 aliphatic carbocycles. The van der Waals surface area contributed by atoms with Crippen LogP contribution in [0.3, 0.4) is 0 Å². The van der Waals surface area contributed by atoms with E-state index in [1.165, 1.54) is 5.56 Å². The second-order valence-corrected chi connectivity index (χ2v) is 6.98. The first-order valence-electron chi connectivity index (χ1n) is 7.99. The Bertz CT molecular complexity index is 494. The van der Waals surface area contributed by atoms with Crippen molar-refractivity contribution in [3.05, 3.63) is 35.4 Å². The lowest BCUT2D eigenvalue weighted by molar-refractivity contribution is -0.144. The summed E-state index contributed by atoms with van der Waals surface area (Å²) in [6.45, 7) is 10.6. The van der Waals surface area contributed by atoms with Gasteiger partial charge in [-0.15, -0.1) is 0 Å². The van der Waals surface area contributed by atoms with Crippen molar-refractivity contribution >= 4 is 11.8 Å². The first-order chi connectivity index (χ1) is 10.2. The van der Waals surface area contributed by atoms with Gasteiger partial charge in [0.05, 0.1) is 6.61 Å². The van der Waals surface area contributed by atoms with Gasteiger partial charge in [0, 0.05) is 19.3 Å². The van der Waals surface area contributed by atoms with Crippen molar-refractivity contribution in [3.63, 3.8) is 0 Å². The number of carbonyl (C=O) groups is 2. The molecular formula is C19H28O3. The van der Waals surface area contributed by atoms with Gasteiger partial charge in [-0.05, 0) is 29.4 Å². The van der Waals surface area contributed by atoms with Gasteiger partial charge in [-0.1, -0.05) is 52.0 Å². The molecule has 122 valence electrons. The molecular weight excluding hydrogens is 276 g/mol. The summed E-state index contributed by atoms with van der Waals surface area (Å²) in [7, 11) is 0. The Kier molecular flexibility index (Phi) is 6.79. The molecule has 1 aromatic carbocycles. The van der Waals surface area contributed by atoms with Crippen LogP contribution < -0.4 is 0 Å². The summed E-state index contributed by atoms with van der Waals surface area (Å²) in [6, 6.07) is 8.22. The van der Waals surface area contributed by atoms with Crippen LogP contribution >= 0.6 is 0 Å². The van der Waals surface area contributed by atoms with E-state index in [1.807, 2.05) is 19.1 Å². The first kappa shape index (κ1) is 18.4. The molecule has 3 nitrogen and oxygen atoms in total. The van der Waals surface area contributed by atoms with E-state index in [1.54, 1.807) is 6.92 Å². The summed E-state index contributed by atoms with van der Waals surface area (Å²) in [5.74, 6) is -0.0296. The topological polar surface area (TPSA) is 43.4 Å². The molecule has 3 heteroatoms. The van der Waals surface area contributed by atoms with Crippen molar-refractivity contribution in [2.24, 2.45) is 5.92 Å². The van der Waals surface area contributed by atoms with Gasteiger partial charge in [-0.2, -0.15) is 0 Å². The highest BCUT2D eigenvalue weighted by Crippen LogP contribution is 2.22. The molecule has 0 amide bonds. The Balaban J connectivity index is 2.49. The van der Waals surface area contributed by atoms with E-state index in [2.05, 4.69) is 32.9 Å². The van der Waals surface area contributed by atoms with Crippen LogP contribution in [0.2, 0.25) is 0 Å². The van der Waals surface area contributed by atoms with Crippen molar-refractivity contribution in [3.8, 4) is 0 Å². The van der Waals surface area contributed by atoms with E-state index < -0.39 is 0 Å². The van der Waals surface area contributed by atoms with E-state index in [0.717, 1.165) is 5.56 Å². The Morgan fingerprint density at radius 3 is 2.18 bits per heavy atom. The summed E-state index contributed by atoms with van der Waals surface area (Å²) in [5, 5.41) is 0. The number of ether oxygens (including phenoxy) is 1. The number of Topliss-reactive ketones (excluding diaryl/α,β-unsaturated/α-hetero) is 1. The largest absolute Gasteiger partial charge is 0.466 e. The van der Waals surface area contributed by atoms with Gasteiger partial charge in [0.25, 0.3) is 0 Å². The lowest BCUT2D eigenvalue weighted by Crippen LogP contribution is -2.14. The minimum absolute atomic E-state index is 0.0281. The van der Waals surface area contributed by atoms with Crippen molar-refractivity contribution in [1.29, 1.82) is 0 Å². The molecule has 0 aromatic heterocycles. The maximum absolute atomic E-state index is 12.1. The molecule has 0 N–H and O–H groups in total. The number of rotatable bonds is 7. The molecule has 0 aliphatic rings. The van der Waals surface area contributed by atoms with Crippen molar-refractivity contribution < 1.29 is 14.3 Å². The Labute approximate surface area is 134 Å². The molecule has 0 bridgehead atoms. The van der Waals surface area contributed by atoms with E-state index in [-0.39, 0.29) is 23.1 Å². The third-order valence-corrected chi connectivity index (χ3v) is 3.62. The Morgan fingerprint density at radius 1 is 1.09 bits per heavy atom. The number of esters is 1. The predicted molar refractivity (Wildman–Crippen MR) is 88.9 cm³/mol. The van der Waals surface area contributed by atoms with Crippen molar-refractivity contribution in [2.75, 3.05) is 6.61 Å². The molecule has 0 fully saturated rings. The lowest BCUT2D eigenvalue weighted by Gasteiger charge is -2.19. The van der Waals surface area contributed by atoms with Gasteiger partial charge in [0.2, 0.25) is 0 Å². The van der Waals surface area contributed by atoms with E-state index in [0.29, 0.717) is 25.9 Å². The number of hydrogen-bond donors (Lipinski definition) is 0. The number of ketones is 1. The molecule has 0 heterocycles. The summed E-state index contributed by atoms with van der Waals surface area (Å²) in [4.78, 5) is 23.5. The molecule has 0 spiro atoms. The average molecular weight is 304 g/mol. The van der Waals surface area contributed by atoms with E-state index >= 15 is 0 Å². The zero-order valence-electron chi connectivity index (χ0n) is 14.4. The molecule has 1 aromatic rings. The Morgan fingerprint density at radius 2 is 1.68 bits per heavy atom. The van der Waals surface area contributed by atoms with Crippen LogP contribution in [0.25, 0.3) is 0 Å². The molecule has 1 unspecified atom stereocenters. The van der Waals surface area contributed by atoms with Crippen LogP contribution in [0.4, 0.5) is 0 Å². The number of carbonyl (C=O) groups excluding carboxylic acids is 2. The van der Waals surface area contributed by atoms with Crippen LogP contribution in [-0.2, 0) is 26.2 Å². The van der Waals surface area contributed by atoms with Crippen LogP contribution in [-0.4, -0.2) is 18.4 Å². The smallest absolute Gasteiger partial charge is 0.306 e. The molecule has 1 atom stereocenters. The molecule has 0 aliphatic heterocycles. The standard InChI is InChI=1S/C19H28O3/c1-6-22-18(21)12-14(2)11-17(20)13-15-7-9-16(10-8-15)19(3,4)5/h7-10,14H,6,11-13H2,1-5H3. The number of hydrogen-bond acceptors (Lipinski definition) is 3. The summed E-state index contributed by atoms with van der Waals surface area (Å²) in [6.07, 6.45) is 1.15. The SMILES string of the molecule is CCOC(=O)CC(C)CC(=O)Cc1ccc(C(C)(C)C)cc1.